The number of nitrogens with one attached hydrogen (secondary N) is 2. The summed E-state index contributed by atoms with van der Waals surface area (Å²) in [4.78, 5) is 19.9. The molecule has 1 heterocycles. The third-order valence-corrected chi connectivity index (χ3v) is 4.79. The van der Waals surface area contributed by atoms with Crippen molar-refractivity contribution < 1.29 is 4.79 Å². The Morgan fingerprint density at radius 1 is 1.20 bits per heavy atom. The Morgan fingerprint density at radius 3 is 2.76 bits per heavy atom. The number of benzene rings is 2. The molecular weight excluding hydrogens is 357 g/mol. The number of hydrogen-bond acceptors (Lipinski definition) is 2. The number of hydrogen-bond donors (Lipinski definition) is 2. The summed E-state index contributed by atoms with van der Waals surface area (Å²) in [6, 6.07) is 13.2. The van der Waals surface area contributed by atoms with Crippen LogP contribution in [0.5, 0.6) is 0 Å². The van der Waals surface area contributed by atoms with E-state index in [4.69, 9.17) is 23.2 Å². The highest BCUT2D eigenvalue weighted by Crippen LogP contribution is 2.23. The molecular formula is C19H19Cl2N3O. The molecule has 0 spiro atoms. The second-order valence-electron chi connectivity index (χ2n) is 6.03. The number of nitrogens with zero attached hydrogens (tertiary/aromatic N) is 1. The lowest BCUT2D eigenvalue weighted by Crippen LogP contribution is -2.27. The average molecular weight is 376 g/mol. The van der Waals surface area contributed by atoms with Gasteiger partial charge in [-0.25, -0.2) is 4.98 Å². The van der Waals surface area contributed by atoms with E-state index in [2.05, 4.69) is 15.3 Å². The summed E-state index contributed by atoms with van der Waals surface area (Å²) >= 11 is 11.9. The quantitative estimate of drug-likeness (QED) is 0.631. The second kappa shape index (κ2) is 7.89. The molecule has 0 saturated carbocycles. The van der Waals surface area contributed by atoms with Gasteiger partial charge in [-0.3, -0.25) is 4.79 Å². The minimum absolute atomic E-state index is 0.00742. The molecule has 25 heavy (non-hydrogen) atoms. The number of aryl methyl sites for hydroxylation is 1. The highest BCUT2D eigenvalue weighted by molar-refractivity contribution is 6.42. The lowest BCUT2D eigenvalue weighted by molar-refractivity contribution is -0.121. The van der Waals surface area contributed by atoms with Crippen LogP contribution in [0.15, 0.2) is 42.5 Å². The molecule has 1 atom stereocenters. The molecule has 0 saturated heterocycles. The number of aromatic nitrogens is 2. The monoisotopic (exact) mass is 375 g/mol. The van der Waals surface area contributed by atoms with Crippen molar-refractivity contribution in [2.45, 2.75) is 32.2 Å². The van der Waals surface area contributed by atoms with Crippen LogP contribution in [0.4, 0.5) is 0 Å². The zero-order chi connectivity index (χ0) is 17.8. The number of halogens is 2. The van der Waals surface area contributed by atoms with Crippen LogP contribution in [0.3, 0.4) is 0 Å². The Bertz CT molecular complexity index is 858. The Balaban J connectivity index is 1.50. The number of rotatable bonds is 6. The zero-order valence-electron chi connectivity index (χ0n) is 13.9. The van der Waals surface area contributed by atoms with Gasteiger partial charge in [0.15, 0.2) is 0 Å². The van der Waals surface area contributed by atoms with Crippen molar-refractivity contribution in [2.75, 3.05) is 0 Å². The SMILES string of the molecule is CC(NC(=O)CCCc1ccc(Cl)c(Cl)c1)c1nc2ccccc2[nH]1. The standard InChI is InChI=1S/C19H19Cl2N3O/c1-12(19-23-16-6-2-3-7-17(16)24-19)22-18(25)8-4-5-13-9-10-14(20)15(21)11-13/h2-3,6-7,9-12H,4-5,8H2,1H3,(H,22,25)(H,23,24). The van der Waals surface area contributed by atoms with Gasteiger partial charge in [0.2, 0.25) is 5.91 Å². The average Bonchev–Trinajstić information content (AvgIpc) is 3.02. The van der Waals surface area contributed by atoms with Crippen molar-refractivity contribution in [1.29, 1.82) is 0 Å². The topological polar surface area (TPSA) is 57.8 Å². The lowest BCUT2D eigenvalue weighted by Gasteiger charge is -2.11. The van der Waals surface area contributed by atoms with Crippen LogP contribution in [0.25, 0.3) is 11.0 Å². The number of aromatic amines is 1. The third kappa shape index (κ3) is 4.53. The normalized spacial score (nSPS) is 12.3. The van der Waals surface area contributed by atoms with Gasteiger partial charge < -0.3 is 10.3 Å². The van der Waals surface area contributed by atoms with Gasteiger partial charge in [0.1, 0.15) is 5.82 Å². The van der Waals surface area contributed by atoms with E-state index in [-0.39, 0.29) is 11.9 Å². The van der Waals surface area contributed by atoms with Crippen molar-refractivity contribution in [3.8, 4) is 0 Å². The number of imidazole rings is 1. The molecule has 0 fully saturated rings. The molecule has 1 unspecified atom stereocenters. The summed E-state index contributed by atoms with van der Waals surface area (Å²) in [7, 11) is 0. The molecule has 3 aromatic rings. The number of fused-ring (bicyclic) bond motifs is 1. The first-order valence-electron chi connectivity index (χ1n) is 8.21. The van der Waals surface area contributed by atoms with Crippen LogP contribution in [0, 0.1) is 0 Å². The summed E-state index contributed by atoms with van der Waals surface area (Å²) in [5.41, 5.74) is 2.95. The van der Waals surface area contributed by atoms with Gasteiger partial charge in [0, 0.05) is 6.42 Å². The van der Waals surface area contributed by atoms with Gasteiger partial charge in [-0.1, -0.05) is 41.4 Å². The van der Waals surface area contributed by atoms with Gasteiger partial charge in [0.05, 0.1) is 27.1 Å². The number of para-hydroxylation sites is 2. The minimum atomic E-state index is -0.162. The third-order valence-electron chi connectivity index (χ3n) is 4.05. The Morgan fingerprint density at radius 2 is 2.00 bits per heavy atom. The fraction of sp³-hybridized carbons (Fsp3) is 0.263. The first kappa shape index (κ1) is 17.8. The molecule has 0 bridgehead atoms. The van der Waals surface area contributed by atoms with Crippen LogP contribution < -0.4 is 5.32 Å². The summed E-state index contributed by atoms with van der Waals surface area (Å²) < 4.78 is 0. The van der Waals surface area contributed by atoms with E-state index in [1.54, 1.807) is 6.07 Å². The van der Waals surface area contributed by atoms with Crippen LogP contribution in [0.2, 0.25) is 10.0 Å². The molecule has 0 aliphatic carbocycles. The molecule has 130 valence electrons. The van der Waals surface area contributed by atoms with Crippen LogP contribution in [0.1, 0.15) is 37.2 Å². The number of carbonyl (C=O) groups excluding carboxylic acids is 1. The Hall–Kier alpha value is -2.04. The molecule has 2 N–H and O–H groups in total. The van der Waals surface area contributed by atoms with E-state index >= 15 is 0 Å². The van der Waals surface area contributed by atoms with Gasteiger partial charge in [-0.05, 0) is 49.6 Å². The Labute approximate surface area is 156 Å². The molecule has 0 radical (unpaired) electrons. The molecule has 3 rings (SSSR count). The van der Waals surface area contributed by atoms with Crippen LogP contribution in [-0.4, -0.2) is 15.9 Å². The predicted octanol–water partition coefficient (Wildman–Crippen LogP) is 5.07. The number of amides is 1. The van der Waals surface area contributed by atoms with Gasteiger partial charge in [-0.2, -0.15) is 0 Å². The van der Waals surface area contributed by atoms with Crippen LogP contribution in [-0.2, 0) is 11.2 Å². The lowest BCUT2D eigenvalue weighted by atomic mass is 10.1. The first-order valence-corrected chi connectivity index (χ1v) is 8.96. The number of H-pyrrole nitrogens is 1. The summed E-state index contributed by atoms with van der Waals surface area (Å²) in [6.07, 6.45) is 1.98. The predicted molar refractivity (Wildman–Crippen MR) is 102 cm³/mol. The highest BCUT2D eigenvalue weighted by Gasteiger charge is 2.13. The maximum atomic E-state index is 12.2. The summed E-state index contributed by atoms with van der Waals surface area (Å²) in [6.45, 7) is 1.93. The van der Waals surface area contributed by atoms with E-state index < -0.39 is 0 Å². The van der Waals surface area contributed by atoms with Crippen molar-refractivity contribution in [1.82, 2.24) is 15.3 Å². The summed E-state index contributed by atoms with van der Waals surface area (Å²) in [5, 5.41) is 4.07. The van der Waals surface area contributed by atoms with Gasteiger partial charge >= 0.3 is 0 Å². The van der Waals surface area contributed by atoms with Crippen molar-refractivity contribution in [2.24, 2.45) is 0 Å². The maximum Gasteiger partial charge on any atom is 0.220 e. The fourth-order valence-electron chi connectivity index (χ4n) is 2.71. The van der Waals surface area contributed by atoms with Crippen LogP contribution >= 0.6 is 23.2 Å². The molecule has 1 aromatic heterocycles. The highest BCUT2D eigenvalue weighted by atomic mass is 35.5. The van der Waals surface area contributed by atoms with Crippen molar-refractivity contribution in [3.05, 3.63) is 63.9 Å². The molecule has 0 aliphatic rings. The molecule has 1 amide bonds. The smallest absolute Gasteiger partial charge is 0.220 e. The minimum Gasteiger partial charge on any atom is -0.346 e. The maximum absolute atomic E-state index is 12.2. The van der Waals surface area contributed by atoms with Crippen molar-refractivity contribution in [3.63, 3.8) is 0 Å². The number of carbonyl (C=O) groups is 1. The first-order chi connectivity index (χ1) is 12.0. The zero-order valence-corrected chi connectivity index (χ0v) is 15.4. The van der Waals surface area contributed by atoms with Gasteiger partial charge in [0.25, 0.3) is 0 Å². The van der Waals surface area contributed by atoms with E-state index in [9.17, 15) is 4.79 Å². The van der Waals surface area contributed by atoms with Crippen molar-refractivity contribution >= 4 is 40.1 Å². The largest absolute Gasteiger partial charge is 0.346 e. The fourth-order valence-corrected chi connectivity index (χ4v) is 3.03. The Kier molecular flexibility index (Phi) is 5.61. The summed E-state index contributed by atoms with van der Waals surface area (Å²) in [5.74, 6) is 0.770. The van der Waals surface area contributed by atoms with Gasteiger partial charge in [-0.15, -0.1) is 0 Å². The molecule has 2 aromatic carbocycles. The van der Waals surface area contributed by atoms with E-state index in [0.717, 1.165) is 35.3 Å². The molecule has 4 nitrogen and oxygen atoms in total. The van der Waals surface area contributed by atoms with E-state index in [1.807, 2.05) is 43.3 Å². The van der Waals surface area contributed by atoms with E-state index in [0.29, 0.717) is 16.5 Å². The van der Waals surface area contributed by atoms with E-state index in [1.165, 1.54) is 0 Å². The molecule has 0 aliphatic heterocycles. The second-order valence-corrected chi connectivity index (χ2v) is 6.84. The molecule has 6 heteroatoms.